The molecule has 0 N–H and O–H groups in total. The number of benzene rings is 1. The first-order chi connectivity index (χ1) is 9.29. The number of aryl methyl sites for hydroxylation is 3. The van der Waals surface area contributed by atoms with Gasteiger partial charge < -0.3 is 9.13 Å². The molecule has 0 aliphatic heterocycles. The van der Waals surface area contributed by atoms with E-state index >= 15 is 0 Å². The Morgan fingerprint density at radius 2 is 2.00 bits per heavy atom. The van der Waals surface area contributed by atoms with Crippen molar-refractivity contribution in [2.24, 2.45) is 0 Å². The third kappa shape index (κ3) is 2.05. The van der Waals surface area contributed by atoms with Gasteiger partial charge in [0, 0.05) is 42.6 Å². The zero-order valence-electron chi connectivity index (χ0n) is 10.8. The van der Waals surface area contributed by atoms with Gasteiger partial charge in [-0.25, -0.2) is 4.98 Å². The van der Waals surface area contributed by atoms with Crippen LogP contribution in [0.2, 0.25) is 0 Å². The predicted molar refractivity (Wildman–Crippen MR) is 74.3 cm³/mol. The molecule has 3 rings (SSSR count). The van der Waals surface area contributed by atoms with E-state index in [4.69, 9.17) is 0 Å². The number of aldehydes is 1. The monoisotopic (exact) mass is 253 g/mol. The summed E-state index contributed by atoms with van der Waals surface area (Å²) < 4.78 is 4.23. The molecule has 0 aliphatic rings. The van der Waals surface area contributed by atoms with Crippen molar-refractivity contribution in [2.45, 2.75) is 20.0 Å². The van der Waals surface area contributed by atoms with E-state index in [1.54, 1.807) is 6.20 Å². The molecular weight excluding hydrogens is 238 g/mol. The van der Waals surface area contributed by atoms with Crippen LogP contribution in [0.4, 0.5) is 0 Å². The molecule has 1 aromatic carbocycles. The molecule has 19 heavy (non-hydrogen) atoms. The van der Waals surface area contributed by atoms with E-state index in [-0.39, 0.29) is 0 Å². The molecule has 0 fully saturated rings. The normalized spacial score (nSPS) is 11.0. The lowest BCUT2D eigenvalue weighted by Gasteiger charge is -2.09. The summed E-state index contributed by atoms with van der Waals surface area (Å²) in [5.74, 6) is 1.01. The molecule has 0 saturated heterocycles. The van der Waals surface area contributed by atoms with Gasteiger partial charge in [-0.2, -0.15) is 0 Å². The van der Waals surface area contributed by atoms with Crippen LogP contribution in [0, 0.1) is 6.92 Å². The minimum atomic E-state index is 0.741. The maximum absolute atomic E-state index is 11.1. The molecule has 0 saturated carbocycles. The summed E-state index contributed by atoms with van der Waals surface area (Å²) in [5.41, 5.74) is 1.75. The molecule has 3 aromatic rings. The Kier molecular flexibility index (Phi) is 2.91. The SMILES string of the molecule is Cc1nccn1CCn1ccc2cccc(C=O)c21. The first-order valence-corrected chi connectivity index (χ1v) is 6.30. The van der Waals surface area contributed by atoms with Crippen LogP contribution in [0.3, 0.4) is 0 Å². The van der Waals surface area contributed by atoms with Gasteiger partial charge in [0.25, 0.3) is 0 Å². The van der Waals surface area contributed by atoms with Gasteiger partial charge >= 0.3 is 0 Å². The van der Waals surface area contributed by atoms with Gasteiger partial charge in [-0.05, 0) is 19.1 Å². The van der Waals surface area contributed by atoms with E-state index in [1.165, 1.54) is 0 Å². The average molecular weight is 253 g/mol. The number of para-hydroxylation sites is 1. The van der Waals surface area contributed by atoms with Crippen molar-refractivity contribution in [3.05, 3.63) is 54.2 Å². The van der Waals surface area contributed by atoms with Crippen molar-refractivity contribution in [3.8, 4) is 0 Å². The molecule has 4 nitrogen and oxygen atoms in total. The molecule has 4 heteroatoms. The fourth-order valence-electron chi connectivity index (χ4n) is 2.43. The average Bonchev–Trinajstić information content (AvgIpc) is 3.02. The Hall–Kier alpha value is -2.36. The van der Waals surface area contributed by atoms with Crippen molar-refractivity contribution in [2.75, 3.05) is 0 Å². The minimum Gasteiger partial charge on any atom is -0.345 e. The van der Waals surface area contributed by atoms with Crippen LogP contribution in [0.15, 0.2) is 42.9 Å². The predicted octanol–water partition coefficient (Wildman–Crippen LogP) is 2.66. The molecule has 96 valence electrons. The molecule has 0 amide bonds. The fraction of sp³-hybridized carbons (Fsp3) is 0.200. The van der Waals surface area contributed by atoms with Crippen LogP contribution in [-0.2, 0) is 13.1 Å². The highest BCUT2D eigenvalue weighted by Gasteiger charge is 2.06. The Labute approximate surface area is 111 Å². The van der Waals surface area contributed by atoms with Crippen LogP contribution in [-0.4, -0.2) is 20.4 Å². The lowest BCUT2D eigenvalue weighted by Crippen LogP contribution is -2.07. The molecule has 2 heterocycles. The summed E-state index contributed by atoms with van der Waals surface area (Å²) in [6.45, 7) is 3.67. The van der Waals surface area contributed by atoms with E-state index in [0.29, 0.717) is 0 Å². The lowest BCUT2D eigenvalue weighted by molar-refractivity contribution is 0.112. The van der Waals surface area contributed by atoms with Crippen LogP contribution in [0.5, 0.6) is 0 Å². The summed E-state index contributed by atoms with van der Waals surface area (Å²) in [6, 6.07) is 7.84. The molecule has 0 aliphatic carbocycles. The van der Waals surface area contributed by atoms with Crippen molar-refractivity contribution in [1.82, 2.24) is 14.1 Å². The number of rotatable bonds is 4. The van der Waals surface area contributed by atoms with Crippen molar-refractivity contribution < 1.29 is 4.79 Å². The zero-order valence-corrected chi connectivity index (χ0v) is 10.8. The topological polar surface area (TPSA) is 39.8 Å². The highest BCUT2D eigenvalue weighted by Crippen LogP contribution is 2.19. The molecule has 0 unspecified atom stereocenters. The summed E-state index contributed by atoms with van der Waals surface area (Å²) in [6.07, 6.45) is 6.73. The number of imidazole rings is 1. The molecule has 0 spiro atoms. The molecule has 2 aromatic heterocycles. The smallest absolute Gasteiger partial charge is 0.152 e. The van der Waals surface area contributed by atoms with E-state index in [0.717, 1.165) is 41.7 Å². The Morgan fingerprint density at radius 1 is 1.16 bits per heavy atom. The highest BCUT2D eigenvalue weighted by molar-refractivity contribution is 5.96. The summed E-state index contributed by atoms with van der Waals surface area (Å²) in [4.78, 5) is 15.3. The van der Waals surface area contributed by atoms with E-state index in [1.807, 2.05) is 43.6 Å². The maximum Gasteiger partial charge on any atom is 0.152 e. The van der Waals surface area contributed by atoms with Gasteiger partial charge in [0.05, 0.1) is 5.52 Å². The number of hydrogen-bond donors (Lipinski definition) is 0. The Morgan fingerprint density at radius 3 is 2.74 bits per heavy atom. The minimum absolute atomic E-state index is 0.741. The second-order valence-electron chi connectivity index (χ2n) is 4.58. The second-order valence-corrected chi connectivity index (χ2v) is 4.58. The van der Waals surface area contributed by atoms with E-state index in [9.17, 15) is 4.79 Å². The van der Waals surface area contributed by atoms with Gasteiger partial charge in [-0.1, -0.05) is 12.1 Å². The van der Waals surface area contributed by atoms with E-state index < -0.39 is 0 Å². The maximum atomic E-state index is 11.1. The number of carbonyl (C=O) groups is 1. The van der Waals surface area contributed by atoms with Gasteiger partial charge in [0.1, 0.15) is 5.82 Å². The standard InChI is InChI=1S/C15H15N3O/c1-12-16-6-8-17(12)9-10-18-7-5-13-3-2-4-14(11-19)15(13)18/h2-8,11H,9-10H2,1H3. The number of aromatic nitrogens is 3. The van der Waals surface area contributed by atoms with Crippen molar-refractivity contribution >= 4 is 17.2 Å². The van der Waals surface area contributed by atoms with Gasteiger partial charge in [0.2, 0.25) is 0 Å². The van der Waals surface area contributed by atoms with Crippen LogP contribution >= 0.6 is 0 Å². The number of fused-ring (bicyclic) bond motifs is 1. The number of nitrogens with zero attached hydrogens (tertiary/aromatic N) is 3. The van der Waals surface area contributed by atoms with Gasteiger partial charge in [-0.15, -0.1) is 0 Å². The van der Waals surface area contributed by atoms with Crippen molar-refractivity contribution in [3.63, 3.8) is 0 Å². The molecular formula is C15H15N3O. The number of carbonyl (C=O) groups excluding carboxylic acids is 1. The van der Waals surface area contributed by atoms with Gasteiger partial charge in [0.15, 0.2) is 6.29 Å². The summed E-state index contributed by atoms with van der Waals surface area (Å²) >= 11 is 0. The first kappa shape index (κ1) is 11.7. The lowest BCUT2D eigenvalue weighted by atomic mass is 10.1. The fourth-order valence-corrected chi connectivity index (χ4v) is 2.43. The Bertz CT molecular complexity index is 724. The largest absolute Gasteiger partial charge is 0.345 e. The zero-order chi connectivity index (χ0) is 13.2. The molecule has 0 atom stereocenters. The van der Waals surface area contributed by atoms with Crippen LogP contribution < -0.4 is 0 Å². The summed E-state index contributed by atoms with van der Waals surface area (Å²) in [7, 11) is 0. The van der Waals surface area contributed by atoms with Crippen LogP contribution in [0.25, 0.3) is 10.9 Å². The highest BCUT2D eigenvalue weighted by atomic mass is 16.1. The molecule has 0 bridgehead atoms. The second kappa shape index (κ2) is 4.72. The third-order valence-corrected chi connectivity index (χ3v) is 3.45. The van der Waals surface area contributed by atoms with Crippen molar-refractivity contribution in [1.29, 1.82) is 0 Å². The summed E-state index contributed by atoms with van der Waals surface area (Å²) in [5, 5.41) is 1.10. The Balaban J connectivity index is 1.93. The van der Waals surface area contributed by atoms with Crippen LogP contribution in [0.1, 0.15) is 16.2 Å². The van der Waals surface area contributed by atoms with Gasteiger partial charge in [-0.3, -0.25) is 4.79 Å². The quantitative estimate of drug-likeness (QED) is 0.671. The number of hydrogen-bond acceptors (Lipinski definition) is 2. The molecule has 0 radical (unpaired) electrons. The first-order valence-electron chi connectivity index (χ1n) is 6.30. The van der Waals surface area contributed by atoms with E-state index in [2.05, 4.69) is 14.1 Å². The third-order valence-electron chi connectivity index (χ3n) is 3.45.